The van der Waals surface area contributed by atoms with Gasteiger partial charge in [0.05, 0.1) is 17.1 Å². The van der Waals surface area contributed by atoms with Gasteiger partial charge in [-0.05, 0) is 42.7 Å². The quantitative estimate of drug-likeness (QED) is 0.342. The van der Waals surface area contributed by atoms with Crippen LogP contribution in [0.15, 0.2) is 58.5 Å². The Bertz CT molecular complexity index is 883. The second-order valence-corrected chi connectivity index (χ2v) is 8.65. The monoisotopic (exact) mass is 529 g/mol. The van der Waals surface area contributed by atoms with Crippen molar-refractivity contribution >= 4 is 40.0 Å². The first-order chi connectivity index (χ1) is 13.6. The molecule has 1 aliphatic heterocycles. The Kier molecular flexibility index (Phi) is 9.31. The molecule has 0 unspecified atom stereocenters. The van der Waals surface area contributed by atoms with Crippen LogP contribution in [0.1, 0.15) is 30.5 Å². The summed E-state index contributed by atoms with van der Waals surface area (Å²) in [7, 11) is -1.67. The number of benzene rings is 1. The van der Waals surface area contributed by atoms with E-state index in [1.54, 1.807) is 29.7 Å². The largest absolute Gasteiger partial charge is 0.352 e. The molecule has 3 rings (SSSR count). The highest BCUT2D eigenvalue weighted by atomic mass is 127. The topological polar surface area (TPSA) is 86.7 Å². The highest BCUT2D eigenvalue weighted by molar-refractivity contribution is 14.0. The maximum Gasteiger partial charge on any atom is 0.243 e. The van der Waals surface area contributed by atoms with Crippen LogP contribution in [0, 0.1) is 0 Å². The standard InChI is InChI=1S/C20H27N5O2S.HI/c1-21-20(24-16-18-7-3-4-12-22-18)23-15-17-8-10-19(11-9-17)28(26,27)25-13-5-2-6-14-25;/h3-4,7-12H,2,5-6,13-16H2,1H3,(H2,21,23,24);1H. The van der Waals surface area contributed by atoms with Crippen molar-refractivity contribution in [1.29, 1.82) is 0 Å². The van der Waals surface area contributed by atoms with Gasteiger partial charge in [-0.1, -0.05) is 24.6 Å². The second kappa shape index (κ2) is 11.5. The van der Waals surface area contributed by atoms with E-state index in [1.807, 2.05) is 30.3 Å². The minimum Gasteiger partial charge on any atom is -0.352 e. The Balaban J connectivity index is 0.00000300. The zero-order valence-electron chi connectivity index (χ0n) is 16.5. The van der Waals surface area contributed by atoms with E-state index in [2.05, 4.69) is 20.6 Å². The van der Waals surface area contributed by atoms with Crippen molar-refractivity contribution in [2.45, 2.75) is 37.2 Å². The molecular formula is C20H28IN5O2S. The van der Waals surface area contributed by atoms with Crippen molar-refractivity contribution in [1.82, 2.24) is 19.9 Å². The molecule has 1 saturated heterocycles. The van der Waals surface area contributed by atoms with Gasteiger partial charge in [-0.25, -0.2) is 8.42 Å². The molecule has 29 heavy (non-hydrogen) atoms. The number of rotatable bonds is 6. The fourth-order valence-electron chi connectivity index (χ4n) is 3.12. The Labute approximate surface area is 190 Å². The van der Waals surface area contributed by atoms with Crippen molar-refractivity contribution in [2.24, 2.45) is 4.99 Å². The first kappa shape index (κ1) is 23.6. The van der Waals surface area contributed by atoms with E-state index in [0.29, 0.717) is 37.0 Å². The van der Waals surface area contributed by atoms with Gasteiger partial charge in [0.2, 0.25) is 10.0 Å². The maximum atomic E-state index is 12.7. The molecule has 1 aromatic carbocycles. The smallest absolute Gasteiger partial charge is 0.243 e. The number of halogens is 1. The highest BCUT2D eigenvalue weighted by Crippen LogP contribution is 2.20. The fourth-order valence-corrected chi connectivity index (χ4v) is 4.63. The van der Waals surface area contributed by atoms with E-state index in [9.17, 15) is 8.42 Å². The van der Waals surface area contributed by atoms with Gasteiger partial charge >= 0.3 is 0 Å². The summed E-state index contributed by atoms with van der Waals surface area (Å²) in [6.45, 7) is 2.35. The van der Waals surface area contributed by atoms with Gasteiger partial charge in [0.15, 0.2) is 5.96 Å². The number of nitrogens with zero attached hydrogens (tertiary/aromatic N) is 3. The molecule has 0 atom stereocenters. The third-order valence-corrected chi connectivity index (χ3v) is 6.64. The highest BCUT2D eigenvalue weighted by Gasteiger charge is 2.25. The SMILES string of the molecule is CN=C(NCc1ccc(S(=O)(=O)N2CCCCC2)cc1)NCc1ccccn1.I. The molecule has 2 aromatic rings. The molecule has 9 heteroatoms. The van der Waals surface area contributed by atoms with Crippen molar-refractivity contribution in [3.63, 3.8) is 0 Å². The molecule has 0 bridgehead atoms. The van der Waals surface area contributed by atoms with Crippen molar-refractivity contribution in [3.8, 4) is 0 Å². The van der Waals surface area contributed by atoms with Gasteiger partial charge in [-0.2, -0.15) is 4.31 Å². The van der Waals surface area contributed by atoms with Crippen molar-refractivity contribution in [2.75, 3.05) is 20.1 Å². The van der Waals surface area contributed by atoms with Crippen LogP contribution in [0.4, 0.5) is 0 Å². The van der Waals surface area contributed by atoms with E-state index < -0.39 is 10.0 Å². The lowest BCUT2D eigenvalue weighted by Gasteiger charge is -2.25. The van der Waals surface area contributed by atoms with Gasteiger partial charge in [-0.15, -0.1) is 24.0 Å². The normalized spacial score (nSPS) is 15.4. The van der Waals surface area contributed by atoms with Crippen LogP contribution in [-0.2, 0) is 23.1 Å². The predicted molar refractivity (Wildman–Crippen MR) is 126 cm³/mol. The number of pyridine rings is 1. The molecule has 1 aliphatic rings. The van der Waals surface area contributed by atoms with E-state index >= 15 is 0 Å². The lowest BCUT2D eigenvalue weighted by atomic mass is 10.2. The van der Waals surface area contributed by atoms with Gasteiger partial charge in [0, 0.05) is 32.9 Å². The minimum atomic E-state index is -3.38. The van der Waals surface area contributed by atoms with E-state index in [-0.39, 0.29) is 24.0 Å². The van der Waals surface area contributed by atoms with Crippen LogP contribution >= 0.6 is 24.0 Å². The van der Waals surface area contributed by atoms with Crippen LogP contribution in [-0.4, -0.2) is 43.8 Å². The summed E-state index contributed by atoms with van der Waals surface area (Å²) in [4.78, 5) is 8.83. The Morgan fingerprint density at radius 3 is 2.34 bits per heavy atom. The molecule has 0 saturated carbocycles. The number of piperidine rings is 1. The molecule has 1 fully saturated rings. The Morgan fingerprint density at radius 2 is 1.72 bits per heavy atom. The summed E-state index contributed by atoms with van der Waals surface area (Å²) in [6.07, 6.45) is 4.73. The number of nitrogens with one attached hydrogen (secondary N) is 2. The molecule has 2 heterocycles. The predicted octanol–water partition coefficient (Wildman–Crippen LogP) is 2.74. The van der Waals surface area contributed by atoms with E-state index in [1.165, 1.54) is 0 Å². The van der Waals surface area contributed by atoms with E-state index in [4.69, 9.17) is 0 Å². The Hall–Kier alpha value is -1.72. The first-order valence-electron chi connectivity index (χ1n) is 9.53. The lowest BCUT2D eigenvalue weighted by molar-refractivity contribution is 0.346. The number of aliphatic imine (C=N–C) groups is 1. The maximum absolute atomic E-state index is 12.7. The summed E-state index contributed by atoms with van der Waals surface area (Å²) in [5.74, 6) is 0.663. The summed E-state index contributed by atoms with van der Waals surface area (Å²) < 4.78 is 27.0. The molecule has 0 aliphatic carbocycles. The Morgan fingerprint density at radius 1 is 1.03 bits per heavy atom. The number of aromatic nitrogens is 1. The summed E-state index contributed by atoms with van der Waals surface area (Å²) in [6, 6.07) is 12.8. The van der Waals surface area contributed by atoms with E-state index in [0.717, 1.165) is 30.5 Å². The zero-order chi connectivity index (χ0) is 19.8. The number of hydrogen-bond donors (Lipinski definition) is 2. The van der Waals surface area contributed by atoms with Gasteiger partial charge in [0.1, 0.15) is 0 Å². The summed E-state index contributed by atoms with van der Waals surface area (Å²) >= 11 is 0. The van der Waals surface area contributed by atoms with Crippen LogP contribution in [0.3, 0.4) is 0 Å². The molecule has 158 valence electrons. The summed E-state index contributed by atoms with van der Waals surface area (Å²) in [5.41, 5.74) is 1.91. The molecule has 0 amide bonds. The van der Waals surface area contributed by atoms with Crippen molar-refractivity contribution < 1.29 is 8.42 Å². The fraction of sp³-hybridized carbons (Fsp3) is 0.400. The number of hydrogen-bond acceptors (Lipinski definition) is 4. The van der Waals surface area contributed by atoms with Gasteiger partial charge in [0.25, 0.3) is 0 Å². The molecule has 2 N–H and O–H groups in total. The second-order valence-electron chi connectivity index (χ2n) is 6.71. The van der Waals surface area contributed by atoms with Gasteiger partial charge < -0.3 is 10.6 Å². The molecule has 7 nitrogen and oxygen atoms in total. The average Bonchev–Trinajstić information content (AvgIpc) is 2.75. The molecule has 1 aromatic heterocycles. The lowest BCUT2D eigenvalue weighted by Crippen LogP contribution is -2.36. The minimum absolute atomic E-state index is 0. The zero-order valence-corrected chi connectivity index (χ0v) is 19.7. The van der Waals surface area contributed by atoms with Crippen LogP contribution in [0.5, 0.6) is 0 Å². The van der Waals surface area contributed by atoms with Gasteiger partial charge in [-0.3, -0.25) is 9.98 Å². The van der Waals surface area contributed by atoms with Crippen LogP contribution in [0.2, 0.25) is 0 Å². The molecular weight excluding hydrogens is 501 g/mol. The molecule has 0 spiro atoms. The molecule has 0 radical (unpaired) electrons. The first-order valence-corrected chi connectivity index (χ1v) is 11.0. The average molecular weight is 529 g/mol. The number of sulfonamides is 1. The van der Waals surface area contributed by atoms with Crippen molar-refractivity contribution in [3.05, 3.63) is 59.9 Å². The summed E-state index contributed by atoms with van der Waals surface area (Å²) in [5, 5.41) is 6.44. The van der Waals surface area contributed by atoms with Crippen LogP contribution in [0.25, 0.3) is 0 Å². The third-order valence-electron chi connectivity index (χ3n) is 4.72. The van der Waals surface area contributed by atoms with Crippen LogP contribution < -0.4 is 10.6 Å². The third kappa shape index (κ3) is 6.65. The number of guanidine groups is 1.